The third kappa shape index (κ3) is 3.77. The molecule has 0 amide bonds. The highest BCUT2D eigenvalue weighted by molar-refractivity contribution is 9.10. The molecule has 2 aromatic carbocycles. The molecule has 1 unspecified atom stereocenters. The van der Waals surface area contributed by atoms with E-state index in [1.807, 2.05) is 47.6 Å². The van der Waals surface area contributed by atoms with Crippen molar-refractivity contribution < 1.29 is 14.2 Å². The highest BCUT2D eigenvalue weighted by Gasteiger charge is 2.33. The fraction of sp³-hybridized carbons (Fsp3) is 0.273. The smallest absolute Gasteiger partial charge is 0.206 e. The van der Waals surface area contributed by atoms with E-state index >= 15 is 0 Å². The minimum Gasteiger partial charge on any atom is -0.493 e. The van der Waals surface area contributed by atoms with E-state index in [2.05, 4.69) is 27.0 Å². The van der Waals surface area contributed by atoms with E-state index in [0.717, 1.165) is 38.6 Å². The fourth-order valence-corrected chi connectivity index (χ4v) is 4.86. The van der Waals surface area contributed by atoms with Crippen LogP contribution in [0.15, 0.2) is 51.4 Å². The highest BCUT2D eigenvalue weighted by Crippen LogP contribution is 2.45. The summed E-state index contributed by atoms with van der Waals surface area (Å²) in [6, 6.07) is 12.0. The molecule has 0 bridgehead atoms. The molecule has 3 aromatic rings. The Labute approximate surface area is 188 Å². The van der Waals surface area contributed by atoms with E-state index in [0.29, 0.717) is 17.2 Å². The summed E-state index contributed by atoms with van der Waals surface area (Å²) in [7, 11) is 4.86. The van der Waals surface area contributed by atoms with E-state index in [9.17, 15) is 0 Å². The summed E-state index contributed by atoms with van der Waals surface area (Å²) in [6.07, 6.45) is 0.722. The number of aryl methyl sites for hydroxylation is 1. The Hall–Kier alpha value is -2.58. The number of benzene rings is 2. The van der Waals surface area contributed by atoms with Crippen molar-refractivity contribution in [3.8, 4) is 17.2 Å². The van der Waals surface area contributed by atoms with Gasteiger partial charge >= 0.3 is 0 Å². The van der Waals surface area contributed by atoms with Gasteiger partial charge in [0.15, 0.2) is 11.5 Å². The highest BCUT2D eigenvalue weighted by atomic mass is 79.9. The van der Waals surface area contributed by atoms with Crippen LogP contribution in [0, 0.1) is 6.92 Å². The monoisotopic (exact) mass is 487 g/mol. The predicted molar refractivity (Wildman–Crippen MR) is 123 cm³/mol. The number of nitrogens with zero attached hydrogens (tertiary/aromatic N) is 3. The van der Waals surface area contributed by atoms with Gasteiger partial charge < -0.3 is 14.2 Å². The Morgan fingerprint density at radius 1 is 1.07 bits per heavy atom. The standard InChI is InChI=1S/C22H22BrN3O3S/c1-13-12-30-22(24-13)26-18(11-17(25-26)15-7-5-6-8-16(15)23)14-9-19(27-2)21(29-4)20(10-14)28-3/h5-10,12,18H,11H2,1-4H3. The van der Waals surface area contributed by atoms with Crippen molar-refractivity contribution >= 4 is 38.1 Å². The summed E-state index contributed by atoms with van der Waals surface area (Å²) in [5.41, 5.74) is 4.06. The SMILES string of the molecule is COc1cc(C2CC(c3ccccc3Br)=NN2c2nc(C)cs2)cc(OC)c1OC. The van der Waals surface area contributed by atoms with Crippen LogP contribution in [0.3, 0.4) is 0 Å². The van der Waals surface area contributed by atoms with Gasteiger partial charge in [0.05, 0.1) is 38.8 Å². The molecule has 4 rings (SSSR count). The molecule has 0 saturated heterocycles. The normalized spacial score (nSPS) is 15.8. The maximum absolute atomic E-state index is 5.57. The zero-order chi connectivity index (χ0) is 21.3. The zero-order valence-electron chi connectivity index (χ0n) is 17.2. The van der Waals surface area contributed by atoms with Crippen molar-refractivity contribution in [3.05, 3.63) is 63.1 Å². The number of methoxy groups -OCH3 is 3. The minimum atomic E-state index is -0.0497. The average Bonchev–Trinajstić information content (AvgIpc) is 3.39. The molecule has 0 radical (unpaired) electrons. The molecule has 1 aliphatic heterocycles. The van der Waals surface area contributed by atoms with Crippen LogP contribution < -0.4 is 19.2 Å². The molecular formula is C22H22BrN3O3S. The molecule has 30 heavy (non-hydrogen) atoms. The van der Waals surface area contributed by atoms with Gasteiger partial charge in [-0.25, -0.2) is 9.99 Å². The molecule has 0 aliphatic carbocycles. The second kappa shape index (κ2) is 8.65. The molecule has 0 saturated carbocycles. The third-order valence-corrected chi connectivity index (χ3v) is 6.61. The molecule has 1 aliphatic rings. The lowest BCUT2D eigenvalue weighted by Gasteiger charge is -2.23. The Bertz CT molecular complexity index is 1070. The molecule has 0 spiro atoms. The van der Waals surface area contributed by atoms with Gasteiger partial charge in [-0.3, -0.25) is 0 Å². The van der Waals surface area contributed by atoms with Crippen LogP contribution >= 0.6 is 27.3 Å². The molecule has 1 aromatic heterocycles. The summed E-state index contributed by atoms with van der Waals surface area (Å²) in [5, 5.41) is 9.85. The quantitative estimate of drug-likeness (QED) is 0.453. The molecule has 2 heterocycles. The summed E-state index contributed by atoms with van der Waals surface area (Å²) < 4.78 is 17.7. The summed E-state index contributed by atoms with van der Waals surface area (Å²) in [6.45, 7) is 1.99. The third-order valence-electron chi connectivity index (χ3n) is 4.97. The minimum absolute atomic E-state index is 0.0497. The molecule has 6 nitrogen and oxygen atoms in total. The van der Waals surface area contributed by atoms with Crippen LogP contribution in [0.5, 0.6) is 17.2 Å². The average molecular weight is 488 g/mol. The van der Waals surface area contributed by atoms with Crippen molar-refractivity contribution in [1.82, 2.24) is 4.98 Å². The first-order valence-electron chi connectivity index (χ1n) is 9.39. The number of ether oxygens (including phenoxy) is 3. The van der Waals surface area contributed by atoms with Gasteiger partial charge in [-0.15, -0.1) is 11.3 Å². The van der Waals surface area contributed by atoms with Crippen LogP contribution in [0.25, 0.3) is 0 Å². The van der Waals surface area contributed by atoms with Crippen LogP contribution in [0.1, 0.15) is 29.3 Å². The molecular weight excluding hydrogens is 466 g/mol. The first-order valence-corrected chi connectivity index (χ1v) is 11.1. The van der Waals surface area contributed by atoms with Crippen molar-refractivity contribution in [3.63, 3.8) is 0 Å². The van der Waals surface area contributed by atoms with Crippen LogP contribution in [-0.2, 0) is 0 Å². The van der Waals surface area contributed by atoms with Crippen molar-refractivity contribution in [2.75, 3.05) is 26.3 Å². The lowest BCUT2D eigenvalue weighted by Crippen LogP contribution is -2.18. The molecule has 1 atom stereocenters. The van der Waals surface area contributed by atoms with E-state index in [-0.39, 0.29) is 6.04 Å². The molecule has 8 heteroatoms. The zero-order valence-corrected chi connectivity index (χ0v) is 19.6. The van der Waals surface area contributed by atoms with Crippen LogP contribution in [-0.4, -0.2) is 32.0 Å². The summed E-state index contributed by atoms with van der Waals surface area (Å²) in [5.74, 6) is 1.82. The topological polar surface area (TPSA) is 56.2 Å². The Balaban J connectivity index is 1.81. The van der Waals surface area contributed by atoms with Crippen molar-refractivity contribution in [1.29, 1.82) is 0 Å². The molecule has 0 fully saturated rings. The van der Waals surface area contributed by atoms with Crippen LogP contribution in [0.4, 0.5) is 5.13 Å². The number of aromatic nitrogens is 1. The Morgan fingerprint density at radius 2 is 1.77 bits per heavy atom. The van der Waals surface area contributed by atoms with Crippen molar-refractivity contribution in [2.45, 2.75) is 19.4 Å². The fourth-order valence-electron chi connectivity index (χ4n) is 3.54. The number of hydrogen-bond donors (Lipinski definition) is 0. The number of halogens is 1. The van der Waals surface area contributed by atoms with Gasteiger partial charge in [-0.2, -0.15) is 5.10 Å². The Kier molecular flexibility index (Phi) is 5.97. The number of hydrazone groups is 1. The van der Waals surface area contributed by atoms with E-state index in [1.165, 1.54) is 0 Å². The largest absolute Gasteiger partial charge is 0.493 e. The number of anilines is 1. The van der Waals surface area contributed by atoms with E-state index < -0.39 is 0 Å². The van der Waals surface area contributed by atoms with Gasteiger partial charge in [0.2, 0.25) is 10.9 Å². The number of rotatable bonds is 6. The van der Waals surface area contributed by atoms with Gasteiger partial charge in [-0.1, -0.05) is 34.1 Å². The number of hydrogen-bond acceptors (Lipinski definition) is 7. The summed E-state index contributed by atoms with van der Waals surface area (Å²) in [4.78, 5) is 4.68. The van der Waals surface area contributed by atoms with E-state index in [4.69, 9.17) is 19.3 Å². The maximum atomic E-state index is 5.57. The van der Waals surface area contributed by atoms with Crippen LogP contribution in [0.2, 0.25) is 0 Å². The Morgan fingerprint density at radius 3 is 2.33 bits per heavy atom. The van der Waals surface area contributed by atoms with Gasteiger partial charge in [-0.05, 0) is 30.7 Å². The number of thiazole rings is 1. The summed E-state index contributed by atoms with van der Waals surface area (Å²) >= 11 is 5.24. The first-order chi connectivity index (χ1) is 14.5. The second-order valence-electron chi connectivity index (χ2n) is 6.82. The second-order valence-corrected chi connectivity index (χ2v) is 8.51. The molecule has 0 N–H and O–H groups in total. The van der Waals surface area contributed by atoms with Crippen molar-refractivity contribution in [2.24, 2.45) is 5.10 Å². The van der Waals surface area contributed by atoms with Gasteiger partial charge in [0.25, 0.3) is 0 Å². The predicted octanol–water partition coefficient (Wildman–Crippen LogP) is 5.60. The lowest BCUT2D eigenvalue weighted by molar-refractivity contribution is 0.323. The lowest BCUT2D eigenvalue weighted by atomic mass is 9.98. The molecule has 156 valence electrons. The first kappa shape index (κ1) is 20.7. The van der Waals surface area contributed by atoms with E-state index in [1.54, 1.807) is 32.7 Å². The maximum Gasteiger partial charge on any atom is 0.206 e. The van der Waals surface area contributed by atoms with Gasteiger partial charge in [0, 0.05) is 21.8 Å². The van der Waals surface area contributed by atoms with Gasteiger partial charge in [0.1, 0.15) is 0 Å².